The van der Waals surface area contributed by atoms with Gasteiger partial charge in [-0.05, 0) is 43.4 Å². The van der Waals surface area contributed by atoms with Crippen molar-refractivity contribution >= 4 is 0 Å². The van der Waals surface area contributed by atoms with Crippen LogP contribution in [0.15, 0.2) is 0 Å². The Balaban J connectivity index is 1.47. The van der Waals surface area contributed by atoms with Crippen LogP contribution >= 0.6 is 0 Å². The van der Waals surface area contributed by atoms with Crippen LogP contribution in [0.5, 0.6) is 0 Å². The molecule has 0 radical (unpaired) electrons. The largest absolute Gasteiger partial charge is 0.328 e. The van der Waals surface area contributed by atoms with Crippen molar-refractivity contribution in [3.63, 3.8) is 0 Å². The lowest BCUT2D eigenvalue weighted by Gasteiger charge is -2.27. The summed E-state index contributed by atoms with van der Waals surface area (Å²) in [4.78, 5) is 2.75. The molecule has 1 saturated heterocycles. The van der Waals surface area contributed by atoms with Crippen molar-refractivity contribution in [1.29, 1.82) is 0 Å². The van der Waals surface area contributed by atoms with Gasteiger partial charge in [-0.25, -0.2) is 0 Å². The van der Waals surface area contributed by atoms with E-state index in [1.165, 1.54) is 64.6 Å². The molecule has 0 bridgehead atoms. The van der Waals surface area contributed by atoms with E-state index in [0.717, 1.165) is 17.8 Å². The first-order valence-corrected chi connectivity index (χ1v) is 7.29. The van der Waals surface area contributed by atoms with E-state index in [4.69, 9.17) is 5.73 Å². The second-order valence-electron chi connectivity index (χ2n) is 6.47. The summed E-state index contributed by atoms with van der Waals surface area (Å²) in [6.07, 6.45) is 10.0. The first kappa shape index (κ1) is 11.0. The first-order valence-electron chi connectivity index (χ1n) is 7.29. The Kier molecular flexibility index (Phi) is 3.21. The van der Waals surface area contributed by atoms with Gasteiger partial charge in [0.1, 0.15) is 0 Å². The fourth-order valence-electron chi connectivity index (χ4n) is 4.33. The van der Waals surface area contributed by atoms with Crippen LogP contribution in [0.25, 0.3) is 0 Å². The summed E-state index contributed by atoms with van der Waals surface area (Å²) >= 11 is 0. The van der Waals surface area contributed by atoms with E-state index in [0.29, 0.717) is 6.04 Å². The van der Waals surface area contributed by atoms with Gasteiger partial charge < -0.3 is 10.6 Å². The number of nitrogens with two attached hydrogens (primary N) is 1. The van der Waals surface area contributed by atoms with Crippen LogP contribution in [0, 0.1) is 17.8 Å². The van der Waals surface area contributed by atoms with E-state index in [1.807, 2.05) is 0 Å². The molecule has 3 aliphatic rings. The molecule has 1 heterocycles. The second kappa shape index (κ2) is 4.66. The number of nitrogens with zero attached hydrogens (tertiary/aromatic N) is 1. The third kappa shape index (κ3) is 2.28. The first-order chi connectivity index (χ1) is 7.81. The number of fused-ring (bicyclic) bond motifs is 1. The van der Waals surface area contributed by atoms with Gasteiger partial charge in [0.2, 0.25) is 0 Å². The number of likely N-dealkylation sites (tertiary alicyclic amines) is 1. The summed E-state index contributed by atoms with van der Waals surface area (Å²) in [5.41, 5.74) is 6.04. The highest BCUT2D eigenvalue weighted by Gasteiger charge is 2.39. The Hall–Kier alpha value is -0.0800. The van der Waals surface area contributed by atoms with Crippen molar-refractivity contribution in [3.05, 3.63) is 0 Å². The molecule has 0 aromatic heterocycles. The monoisotopic (exact) mass is 222 g/mol. The highest BCUT2D eigenvalue weighted by molar-refractivity contribution is 4.94. The maximum Gasteiger partial charge on any atom is 0.00452 e. The van der Waals surface area contributed by atoms with Gasteiger partial charge in [0.25, 0.3) is 0 Å². The SMILES string of the molecule is N[C@H]1C[C@@H]2CN(CC3CCCCC3)C[C@@H]2C1. The van der Waals surface area contributed by atoms with Crippen LogP contribution in [0.2, 0.25) is 0 Å². The molecule has 0 amide bonds. The van der Waals surface area contributed by atoms with Gasteiger partial charge in [0, 0.05) is 25.7 Å². The van der Waals surface area contributed by atoms with Crippen LogP contribution in [0.3, 0.4) is 0 Å². The van der Waals surface area contributed by atoms with Gasteiger partial charge in [-0.1, -0.05) is 19.3 Å². The molecule has 1 aliphatic heterocycles. The third-order valence-electron chi connectivity index (χ3n) is 5.10. The molecule has 3 fully saturated rings. The Morgan fingerprint density at radius 2 is 1.56 bits per heavy atom. The van der Waals surface area contributed by atoms with Crippen molar-refractivity contribution in [2.45, 2.75) is 51.0 Å². The van der Waals surface area contributed by atoms with Crippen LogP contribution < -0.4 is 5.73 Å². The fraction of sp³-hybridized carbons (Fsp3) is 1.00. The van der Waals surface area contributed by atoms with Crippen molar-refractivity contribution in [2.24, 2.45) is 23.5 Å². The maximum atomic E-state index is 6.04. The fourth-order valence-corrected chi connectivity index (χ4v) is 4.33. The molecule has 3 atom stereocenters. The lowest BCUT2D eigenvalue weighted by molar-refractivity contribution is 0.220. The standard InChI is InChI=1S/C14H26N2/c15-14-6-12-9-16(10-13(12)7-14)8-11-4-2-1-3-5-11/h11-14H,1-10,15H2/t12-,13+,14+. The zero-order chi connectivity index (χ0) is 11.0. The summed E-state index contributed by atoms with van der Waals surface area (Å²) in [6, 6.07) is 0.520. The topological polar surface area (TPSA) is 29.3 Å². The van der Waals surface area contributed by atoms with E-state index in [1.54, 1.807) is 0 Å². The molecule has 3 rings (SSSR count). The Bertz CT molecular complexity index is 221. The average molecular weight is 222 g/mol. The van der Waals surface area contributed by atoms with Gasteiger partial charge in [0.05, 0.1) is 0 Å². The minimum absolute atomic E-state index is 0.520. The second-order valence-corrected chi connectivity index (χ2v) is 6.47. The normalized spacial score (nSPS) is 41.4. The van der Waals surface area contributed by atoms with Gasteiger partial charge in [0.15, 0.2) is 0 Å². The molecule has 0 aromatic carbocycles. The van der Waals surface area contributed by atoms with Crippen LogP contribution in [-0.2, 0) is 0 Å². The zero-order valence-electron chi connectivity index (χ0n) is 10.4. The number of rotatable bonds is 2. The number of hydrogen-bond donors (Lipinski definition) is 1. The molecule has 0 unspecified atom stereocenters. The Morgan fingerprint density at radius 1 is 0.938 bits per heavy atom. The molecule has 0 spiro atoms. The van der Waals surface area contributed by atoms with Crippen LogP contribution in [0.4, 0.5) is 0 Å². The van der Waals surface area contributed by atoms with Gasteiger partial charge in [-0.2, -0.15) is 0 Å². The predicted octanol–water partition coefficient (Wildman–Crippen LogP) is 2.24. The van der Waals surface area contributed by atoms with Gasteiger partial charge >= 0.3 is 0 Å². The van der Waals surface area contributed by atoms with E-state index in [-0.39, 0.29) is 0 Å². The molecule has 16 heavy (non-hydrogen) atoms. The molecular formula is C14H26N2. The third-order valence-corrected chi connectivity index (χ3v) is 5.10. The van der Waals surface area contributed by atoms with Crippen molar-refractivity contribution < 1.29 is 0 Å². The lowest BCUT2D eigenvalue weighted by atomic mass is 9.89. The lowest BCUT2D eigenvalue weighted by Crippen LogP contribution is -2.30. The molecule has 92 valence electrons. The van der Waals surface area contributed by atoms with E-state index < -0.39 is 0 Å². The Morgan fingerprint density at radius 3 is 2.19 bits per heavy atom. The highest BCUT2D eigenvalue weighted by Crippen LogP contribution is 2.38. The van der Waals surface area contributed by atoms with Crippen molar-refractivity contribution in [1.82, 2.24) is 4.90 Å². The van der Waals surface area contributed by atoms with E-state index in [2.05, 4.69) is 4.90 Å². The molecule has 2 heteroatoms. The Labute approximate surface area is 99.6 Å². The summed E-state index contributed by atoms with van der Waals surface area (Å²) in [5, 5.41) is 0. The minimum atomic E-state index is 0.520. The molecule has 0 aromatic rings. The van der Waals surface area contributed by atoms with Crippen molar-refractivity contribution in [2.75, 3.05) is 19.6 Å². The van der Waals surface area contributed by atoms with Crippen LogP contribution in [-0.4, -0.2) is 30.6 Å². The summed E-state index contributed by atoms with van der Waals surface area (Å²) < 4.78 is 0. The minimum Gasteiger partial charge on any atom is -0.328 e. The molecule has 2 N–H and O–H groups in total. The predicted molar refractivity (Wildman–Crippen MR) is 67.2 cm³/mol. The van der Waals surface area contributed by atoms with Crippen molar-refractivity contribution in [3.8, 4) is 0 Å². The van der Waals surface area contributed by atoms with Gasteiger partial charge in [-0.3, -0.25) is 0 Å². The molecule has 2 saturated carbocycles. The average Bonchev–Trinajstić information content (AvgIpc) is 2.76. The maximum absolute atomic E-state index is 6.04. The summed E-state index contributed by atoms with van der Waals surface area (Å²) in [6.45, 7) is 4.10. The van der Waals surface area contributed by atoms with Crippen LogP contribution in [0.1, 0.15) is 44.9 Å². The molecule has 2 aliphatic carbocycles. The van der Waals surface area contributed by atoms with E-state index in [9.17, 15) is 0 Å². The summed E-state index contributed by atoms with van der Waals surface area (Å²) in [7, 11) is 0. The van der Waals surface area contributed by atoms with E-state index >= 15 is 0 Å². The molecule has 2 nitrogen and oxygen atoms in total. The number of hydrogen-bond acceptors (Lipinski definition) is 2. The van der Waals surface area contributed by atoms with Gasteiger partial charge in [-0.15, -0.1) is 0 Å². The molecular weight excluding hydrogens is 196 g/mol. The smallest absolute Gasteiger partial charge is 0.00452 e. The quantitative estimate of drug-likeness (QED) is 0.776. The zero-order valence-corrected chi connectivity index (χ0v) is 10.4. The summed E-state index contributed by atoms with van der Waals surface area (Å²) in [5.74, 6) is 2.90. The highest BCUT2D eigenvalue weighted by atomic mass is 15.2.